The van der Waals surface area contributed by atoms with Crippen LogP contribution in [0.3, 0.4) is 0 Å². The third-order valence-corrected chi connectivity index (χ3v) is 7.19. The molecule has 0 aliphatic carbocycles. The lowest BCUT2D eigenvalue weighted by Crippen LogP contribution is -2.49. The Morgan fingerprint density at radius 3 is 2.41 bits per heavy atom. The van der Waals surface area contributed by atoms with E-state index < -0.39 is 0 Å². The van der Waals surface area contributed by atoms with E-state index in [0.29, 0.717) is 34.4 Å². The van der Waals surface area contributed by atoms with Crippen LogP contribution in [0.5, 0.6) is 0 Å². The first-order valence-electron chi connectivity index (χ1n) is 11.4. The normalized spacial score (nSPS) is 14.0. The minimum absolute atomic E-state index is 0.0190. The Morgan fingerprint density at radius 2 is 1.65 bits per heavy atom. The molecule has 2 heterocycles. The number of aryl methyl sites for hydroxylation is 1. The molecule has 0 bridgehead atoms. The van der Waals surface area contributed by atoms with E-state index >= 15 is 0 Å². The van der Waals surface area contributed by atoms with Gasteiger partial charge < -0.3 is 9.80 Å². The Bertz CT molecular complexity index is 1390. The fourth-order valence-corrected chi connectivity index (χ4v) is 5.09. The van der Waals surface area contributed by atoms with Gasteiger partial charge in [0, 0.05) is 47.8 Å². The largest absolute Gasteiger partial charge is 0.368 e. The molecule has 3 aromatic carbocycles. The van der Waals surface area contributed by atoms with E-state index in [0.717, 1.165) is 29.6 Å². The van der Waals surface area contributed by atoms with Gasteiger partial charge in [-0.25, -0.2) is 4.98 Å². The lowest BCUT2D eigenvalue weighted by Gasteiger charge is -2.37. The molecule has 1 aliphatic rings. The summed E-state index contributed by atoms with van der Waals surface area (Å²) in [5.74, 6) is 0.0190. The minimum Gasteiger partial charge on any atom is -0.368 e. The molecule has 4 aromatic rings. The van der Waals surface area contributed by atoms with Crippen molar-refractivity contribution in [3.05, 3.63) is 93.5 Å². The van der Waals surface area contributed by atoms with Gasteiger partial charge in [0.1, 0.15) is 0 Å². The molecule has 4 nitrogen and oxygen atoms in total. The summed E-state index contributed by atoms with van der Waals surface area (Å²) >= 11 is 12.6. The van der Waals surface area contributed by atoms with E-state index in [1.807, 2.05) is 41.3 Å². The third kappa shape index (κ3) is 4.24. The van der Waals surface area contributed by atoms with E-state index in [2.05, 4.69) is 36.9 Å². The molecule has 5 rings (SSSR count). The number of piperazine rings is 1. The Labute approximate surface area is 209 Å². The van der Waals surface area contributed by atoms with Gasteiger partial charge in [-0.3, -0.25) is 4.79 Å². The van der Waals surface area contributed by atoms with Crippen molar-refractivity contribution in [2.75, 3.05) is 31.1 Å². The van der Waals surface area contributed by atoms with Crippen LogP contribution in [0.4, 0.5) is 5.69 Å². The van der Waals surface area contributed by atoms with E-state index in [1.165, 1.54) is 16.8 Å². The van der Waals surface area contributed by atoms with Crippen molar-refractivity contribution < 1.29 is 4.79 Å². The second kappa shape index (κ2) is 9.28. The lowest BCUT2D eigenvalue weighted by atomic mass is 10.0. The molecule has 0 radical (unpaired) electrons. The molecule has 0 unspecified atom stereocenters. The number of carbonyl (C=O) groups excluding carboxylic acids is 1. The van der Waals surface area contributed by atoms with Crippen LogP contribution in [0, 0.1) is 13.8 Å². The Hall–Kier alpha value is -3.08. The molecule has 1 fully saturated rings. The zero-order chi connectivity index (χ0) is 23.8. The zero-order valence-corrected chi connectivity index (χ0v) is 20.7. The molecule has 1 saturated heterocycles. The van der Waals surface area contributed by atoms with Crippen LogP contribution >= 0.6 is 23.2 Å². The van der Waals surface area contributed by atoms with Crippen molar-refractivity contribution in [1.82, 2.24) is 9.88 Å². The fraction of sp³-hybridized carbons (Fsp3) is 0.214. The number of carbonyl (C=O) groups is 1. The summed E-state index contributed by atoms with van der Waals surface area (Å²) < 4.78 is 0. The molecule has 34 heavy (non-hydrogen) atoms. The van der Waals surface area contributed by atoms with Crippen molar-refractivity contribution in [1.29, 1.82) is 0 Å². The average molecular weight is 490 g/mol. The number of rotatable bonds is 3. The molecular formula is C28H25Cl2N3O. The van der Waals surface area contributed by atoms with Crippen molar-refractivity contribution >= 4 is 45.7 Å². The highest BCUT2D eigenvalue weighted by atomic mass is 35.5. The van der Waals surface area contributed by atoms with Gasteiger partial charge in [-0.05, 0) is 61.4 Å². The van der Waals surface area contributed by atoms with Gasteiger partial charge in [0.15, 0.2) is 0 Å². The summed E-state index contributed by atoms with van der Waals surface area (Å²) in [5.41, 5.74) is 6.67. The van der Waals surface area contributed by atoms with Crippen molar-refractivity contribution in [2.45, 2.75) is 13.8 Å². The van der Waals surface area contributed by atoms with E-state index in [-0.39, 0.29) is 5.91 Å². The van der Waals surface area contributed by atoms with Gasteiger partial charge in [0.2, 0.25) is 0 Å². The van der Waals surface area contributed by atoms with Gasteiger partial charge in [0.05, 0.1) is 21.8 Å². The monoisotopic (exact) mass is 489 g/mol. The number of benzene rings is 3. The van der Waals surface area contributed by atoms with Gasteiger partial charge >= 0.3 is 0 Å². The van der Waals surface area contributed by atoms with Crippen molar-refractivity contribution in [3.8, 4) is 11.3 Å². The maximum atomic E-state index is 13.7. The molecule has 0 N–H and O–H groups in total. The van der Waals surface area contributed by atoms with Crippen molar-refractivity contribution in [2.24, 2.45) is 0 Å². The second-order valence-electron chi connectivity index (χ2n) is 8.69. The number of amides is 1. The first-order chi connectivity index (χ1) is 16.4. The van der Waals surface area contributed by atoms with Crippen LogP contribution < -0.4 is 4.90 Å². The zero-order valence-electron chi connectivity index (χ0n) is 19.2. The van der Waals surface area contributed by atoms with Gasteiger partial charge in [-0.2, -0.15) is 0 Å². The number of halogens is 2. The molecular weight excluding hydrogens is 465 g/mol. The summed E-state index contributed by atoms with van der Waals surface area (Å²) in [7, 11) is 0. The number of aromatic nitrogens is 1. The lowest BCUT2D eigenvalue weighted by molar-refractivity contribution is 0.0748. The SMILES string of the molecule is Cc1cccc(N2CCN(C(=O)c3cc(-c4ccc(Cl)cc4Cl)nc4ccccc34)CC2)c1C. The summed E-state index contributed by atoms with van der Waals surface area (Å²) in [6.45, 7) is 7.23. The quantitative estimate of drug-likeness (QED) is 0.317. The highest BCUT2D eigenvalue weighted by Gasteiger charge is 2.25. The summed E-state index contributed by atoms with van der Waals surface area (Å²) in [6.07, 6.45) is 0. The summed E-state index contributed by atoms with van der Waals surface area (Å²) in [6, 6.07) is 21.3. The standard InChI is InChI=1S/C28H25Cl2N3O/c1-18-6-5-9-27(19(18)2)32-12-14-33(15-13-32)28(34)23-17-26(22-11-10-20(29)16-24(22)30)31-25-8-4-3-7-21(23)25/h3-11,16-17H,12-15H2,1-2H3. The predicted octanol–water partition coefficient (Wildman–Crippen LogP) is 6.79. The fourth-order valence-electron chi connectivity index (χ4n) is 4.59. The van der Waals surface area contributed by atoms with Gasteiger partial charge in [0.25, 0.3) is 5.91 Å². The number of fused-ring (bicyclic) bond motifs is 1. The molecule has 0 atom stereocenters. The average Bonchev–Trinajstić information content (AvgIpc) is 2.85. The molecule has 0 spiro atoms. The van der Waals surface area contributed by atoms with E-state index in [1.54, 1.807) is 12.1 Å². The maximum Gasteiger partial charge on any atom is 0.254 e. The third-order valence-electron chi connectivity index (χ3n) is 6.64. The van der Waals surface area contributed by atoms with Crippen molar-refractivity contribution in [3.63, 3.8) is 0 Å². The molecule has 172 valence electrons. The number of hydrogen-bond acceptors (Lipinski definition) is 3. The van der Waals surface area contributed by atoms with Gasteiger partial charge in [-0.15, -0.1) is 0 Å². The topological polar surface area (TPSA) is 36.4 Å². The van der Waals surface area contributed by atoms with Crippen LogP contribution in [-0.2, 0) is 0 Å². The maximum absolute atomic E-state index is 13.7. The Kier molecular flexibility index (Phi) is 6.20. The molecule has 1 aromatic heterocycles. The molecule has 1 amide bonds. The van der Waals surface area contributed by atoms with E-state index in [9.17, 15) is 4.79 Å². The minimum atomic E-state index is 0.0190. The summed E-state index contributed by atoms with van der Waals surface area (Å²) in [5, 5.41) is 1.92. The first kappa shape index (κ1) is 22.7. The number of hydrogen-bond donors (Lipinski definition) is 0. The Balaban J connectivity index is 1.46. The number of nitrogens with zero attached hydrogens (tertiary/aromatic N) is 3. The van der Waals surface area contributed by atoms with Crippen LogP contribution in [0.15, 0.2) is 66.7 Å². The highest BCUT2D eigenvalue weighted by molar-refractivity contribution is 6.36. The van der Waals surface area contributed by atoms with Crippen LogP contribution in [0.1, 0.15) is 21.5 Å². The van der Waals surface area contributed by atoms with Crippen LogP contribution in [-0.4, -0.2) is 42.0 Å². The first-order valence-corrected chi connectivity index (χ1v) is 12.1. The van der Waals surface area contributed by atoms with E-state index in [4.69, 9.17) is 28.2 Å². The van der Waals surface area contributed by atoms with Crippen LogP contribution in [0.25, 0.3) is 22.2 Å². The number of anilines is 1. The Morgan fingerprint density at radius 1 is 0.882 bits per heavy atom. The highest BCUT2D eigenvalue weighted by Crippen LogP contribution is 2.32. The molecule has 1 aliphatic heterocycles. The predicted molar refractivity (Wildman–Crippen MR) is 141 cm³/mol. The number of pyridine rings is 1. The van der Waals surface area contributed by atoms with Gasteiger partial charge in [-0.1, -0.05) is 53.5 Å². The second-order valence-corrected chi connectivity index (χ2v) is 9.54. The smallest absolute Gasteiger partial charge is 0.254 e. The molecule has 0 saturated carbocycles. The van der Waals surface area contributed by atoms with Crippen LogP contribution in [0.2, 0.25) is 10.0 Å². The summed E-state index contributed by atoms with van der Waals surface area (Å²) in [4.78, 5) is 22.8. The molecule has 6 heteroatoms. The number of para-hydroxylation sites is 1.